The highest BCUT2D eigenvalue weighted by Gasteiger charge is 2.22. The third kappa shape index (κ3) is 5.50. The standard InChI is InChI=1S/C55H41N/c1-3-35-24-27-48(50-9-4-6-34(2)53(35)50)39-16-10-36(11-17-39)45-30-46(32-47(31-45)38-14-20-41(21-15-38)52-33-56-52)37-12-18-40(19-13-37)49-28-25-44-23-22-42-7-5-8-43-26-29-51(49)55(44)54(42)43/h3-5,7-32,52,56H,6,33H2,1-2H3/b35-3-. The number of hydrogen-bond acceptors (Lipinski definition) is 1. The molecule has 56 heavy (non-hydrogen) atoms. The van der Waals surface area contributed by atoms with Gasteiger partial charge in [0.15, 0.2) is 0 Å². The predicted octanol–water partition coefficient (Wildman–Crippen LogP) is 13.0. The van der Waals surface area contributed by atoms with Gasteiger partial charge in [-0.1, -0.05) is 163 Å². The van der Waals surface area contributed by atoms with Crippen molar-refractivity contribution < 1.29 is 0 Å². The zero-order chi connectivity index (χ0) is 37.3. The highest BCUT2D eigenvalue weighted by atomic mass is 15.1. The molecule has 9 aromatic carbocycles. The monoisotopic (exact) mass is 715 g/mol. The summed E-state index contributed by atoms with van der Waals surface area (Å²) >= 11 is 0. The molecule has 2 aliphatic rings. The number of allylic oxidation sites excluding steroid dienone is 1. The summed E-state index contributed by atoms with van der Waals surface area (Å²) in [6, 6.07) is 60.0. The maximum absolute atomic E-state index is 3.44. The normalized spacial score (nSPS) is 15.3. The van der Waals surface area contributed by atoms with E-state index in [2.05, 4.69) is 195 Å². The van der Waals surface area contributed by atoms with Crippen LogP contribution in [-0.4, -0.2) is 6.54 Å². The quantitative estimate of drug-likeness (QED) is 0.134. The predicted molar refractivity (Wildman–Crippen MR) is 240 cm³/mol. The molecule has 1 N–H and O–H groups in total. The van der Waals surface area contributed by atoms with Crippen molar-refractivity contribution in [1.82, 2.24) is 5.32 Å². The fourth-order valence-electron chi connectivity index (χ4n) is 9.24. The molecular weight excluding hydrogens is 675 g/mol. The van der Waals surface area contributed by atoms with Crippen LogP contribution in [0, 0.1) is 0 Å². The summed E-state index contributed by atoms with van der Waals surface area (Å²) in [6.07, 6.45) is 7.86. The van der Waals surface area contributed by atoms with Gasteiger partial charge in [0.25, 0.3) is 0 Å². The van der Waals surface area contributed by atoms with Crippen molar-refractivity contribution in [2.45, 2.75) is 26.3 Å². The van der Waals surface area contributed by atoms with Crippen LogP contribution in [0.4, 0.5) is 0 Å². The lowest BCUT2D eigenvalue weighted by Crippen LogP contribution is -2.30. The van der Waals surface area contributed by atoms with Gasteiger partial charge in [-0.2, -0.15) is 0 Å². The van der Waals surface area contributed by atoms with Crippen LogP contribution >= 0.6 is 0 Å². The van der Waals surface area contributed by atoms with Crippen molar-refractivity contribution in [1.29, 1.82) is 0 Å². The molecule has 1 aliphatic heterocycles. The average molecular weight is 716 g/mol. The van der Waals surface area contributed by atoms with Gasteiger partial charge < -0.3 is 5.32 Å². The van der Waals surface area contributed by atoms with Crippen LogP contribution in [0.25, 0.3) is 106 Å². The van der Waals surface area contributed by atoms with Gasteiger partial charge in [0.2, 0.25) is 0 Å². The van der Waals surface area contributed by atoms with Crippen molar-refractivity contribution in [2.24, 2.45) is 0 Å². The van der Waals surface area contributed by atoms with Gasteiger partial charge in [0, 0.05) is 12.6 Å². The van der Waals surface area contributed by atoms with Crippen molar-refractivity contribution in [3.05, 3.63) is 185 Å². The lowest BCUT2D eigenvalue weighted by molar-refractivity contribution is 1.08. The fraction of sp³-hybridized carbons (Fsp3) is 0.0909. The first kappa shape index (κ1) is 32.9. The minimum Gasteiger partial charge on any atom is -0.307 e. The van der Waals surface area contributed by atoms with Gasteiger partial charge in [0.1, 0.15) is 0 Å². The van der Waals surface area contributed by atoms with E-state index in [-0.39, 0.29) is 0 Å². The van der Waals surface area contributed by atoms with E-state index in [0.717, 1.165) is 13.0 Å². The zero-order valence-corrected chi connectivity index (χ0v) is 31.7. The second-order valence-electron chi connectivity index (χ2n) is 15.7. The molecule has 1 saturated heterocycles. The highest BCUT2D eigenvalue weighted by Crippen LogP contribution is 2.41. The minimum absolute atomic E-state index is 0.496. The summed E-state index contributed by atoms with van der Waals surface area (Å²) in [7, 11) is 0. The molecule has 1 nitrogen and oxygen atoms in total. The number of nitrogens with one attached hydrogen (secondary N) is 1. The van der Waals surface area contributed by atoms with Gasteiger partial charge in [-0.3, -0.25) is 0 Å². The summed E-state index contributed by atoms with van der Waals surface area (Å²) < 4.78 is 0. The molecule has 0 aromatic heterocycles. The smallest absolute Gasteiger partial charge is 0.0447 e. The lowest BCUT2D eigenvalue weighted by atomic mass is 9.88. The maximum Gasteiger partial charge on any atom is 0.0447 e. The Kier molecular flexibility index (Phi) is 7.66. The van der Waals surface area contributed by atoms with E-state index >= 15 is 0 Å². The largest absolute Gasteiger partial charge is 0.307 e. The Morgan fingerprint density at radius 1 is 0.518 bits per heavy atom. The molecule has 266 valence electrons. The first-order valence-corrected chi connectivity index (χ1v) is 19.9. The number of hydrogen-bond donors (Lipinski definition) is 1. The summed E-state index contributed by atoms with van der Waals surface area (Å²) in [5.41, 5.74) is 16.5. The van der Waals surface area contributed by atoms with Gasteiger partial charge in [-0.05, 0) is 148 Å². The van der Waals surface area contributed by atoms with Gasteiger partial charge in [-0.25, -0.2) is 0 Å². The SMILES string of the molecule is C/C=c1/ccc(-c2ccc(-c3cc(-c4ccc(-c5ccc6ccc7cccc8ccc5c6c78)cc4)cc(-c4ccc(C5CN5)cc4)c3)cc2)c2c1=C(C)CC=C2. The molecule has 1 unspecified atom stereocenters. The summed E-state index contributed by atoms with van der Waals surface area (Å²) in [5, 5.41) is 14.1. The third-order valence-electron chi connectivity index (χ3n) is 12.3. The molecule has 9 aromatic rings. The Labute approximate surface area is 327 Å². The van der Waals surface area contributed by atoms with Crippen LogP contribution in [0.3, 0.4) is 0 Å². The summed E-state index contributed by atoms with van der Waals surface area (Å²) in [4.78, 5) is 0. The molecule has 0 amide bonds. The fourth-order valence-corrected chi connectivity index (χ4v) is 9.24. The van der Waals surface area contributed by atoms with Crippen LogP contribution in [0.2, 0.25) is 0 Å². The zero-order valence-electron chi connectivity index (χ0n) is 31.7. The van der Waals surface area contributed by atoms with Gasteiger partial charge in [-0.15, -0.1) is 0 Å². The molecule has 0 spiro atoms. The van der Waals surface area contributed by atoms with Crippen LogP contribution in [-0.2, 0) is 0 Å². The molecule has 1 fully saturated rings. The van der Waals surface area contributed by atoms with Gasteiger partial charge in [0.05, 0.1) is 0 Å². The Bertz CT molecular complexity index is 3130. The van der Waals surface area contributed by atoms with Crippen LogP contribution in [0.5, 0.6) is 0 Å². The Balaban J connectivity index is 0.995. The second kappa shape index (κ2) is 13.0. The first-order valence-electron chi connectivity index (χ1n) is 19.9. The molecule has 1 atom stereocenters. The highest BCUT2D eigenvalue weighted by molar-refractivity contribution is 6.25. The third-order valence-corrected chi connectivity index (χ3v) is 12.3. The van der Waals surface area contributed by atoms with Crippen molar-refractivity contribution >= 4 is 50.0 Å². The number of rotatable bonds is 6. The second-order valence-corrected chi connectivity index (χ2v) is 15.7. The van der Waals surface area contributed by atoms with E-state index in [1.54, 1.807) is 0 Å². The van der Waals surface area contributed by atoms with Crippen LogP contribution in [0.1, 0.15) is 37.4 Å². The summed E-state index contributed by atoms with van der Waals surface area (Å²) in [5.74, 6) is 0. The average Bonchev–Trinajstić information content (AvgIpc) is 4.12. The van der Waals surface area contributed by atoms with E-state index < -0.39 is 0 Å². The summed E-state index contributed by atoms with van der Waals surface area (Å²) in [6.45, 7) is 5.47. The molecule has 11 rings (SSSR count). The molecular formula is C55H41N. The molecule has 0 saturated carbocycles. The molecule has 0 bridgehead atoms. The number of benzene rings is 9. The lowest BCUT2D eigenvalue weighted by Gasteiger charge is -2.16. The Morgan fingerprint density at radius 3 is 1.64 bits per heavy atom. The van der Waals surface area contributed by atoms with Crippen LogP contribution < -0.4 is 15.8 Å². The maximum atomic E-state index is 3.44. The van der Waals surface area contributed by atoms with E-state index in [1.807, 2.05) is 0 Å². The van der Waals surface area contributed by atoms with E-state index in [0.29, 0.717) is 6.04 Å². The molecule has 1 aliphatic carbocycles. The topological polar surface area (TPSA) is 21.9 Å². The Morgan fingerprint density at radius 2 is 1.04 bits per heavy atom. The van der Waals surface area contributed by atoms with E-state index in [1.165, 1.54) is 115 Å². The first-order chi connectivity index (χ1) is 27.6. The molecule has 1 heteroatoms. The van der Waals surface area contributed by atoms with Crippen LogP contribution in [0.15, 0.2) is 164 Å². The molecule has 0 radical (unpaired) electrons. The van der Waals surface area contributed by atoms with Crippen molar-refractivity contribution in [3.63, 3.8) is 0 Å². The molecule has 1 heterocycles. The van der Waals surface area contributed by atoms with Gasteiger partial charge >= 0.3 is 0 Å². The van der Waals surface area contributed by atoms with E-state index in [9.17, 15) is 0 Å². The van der Waals surface area contributed by atoms with E-state index in [4.69, 9.17) is 0 Å². The Hall–Kier alpha value is -6.54. The van der Waals surface area contributed by atoms with Crippen molar-refractivity contribution in [2.75, 3.05) is 6.54 Å². The minimum atomic E-state index is 0.496. The number of fused-ring (bicyclic) bond motifs is 1. The van der Waals surface area contributed by atoms with Crippen molar-refractivity contribution in [3.8, 4) is 55.6 Å².